The minimum absolute atomic E-state index is 0.0657. The van der Waals surface area contributed by atoms with Crippen LogP contribution in [0.3, 0.4) is 0 Å². The highest BCUT2D eigenvalue weighted by atomic mass is 16.5. The lowest BCUT2D eigenvalue weighted by Gasteiger charge is -2.23. The molecule has 0 spiro atoms. The summed E-state index contributed by atoms with van der Waals surface area (Å²) in [6, 6.07) is 42.1. The van der Waals surface area contributed by atoms with Gasteiger partial charge in [-0.05, 0) is 47.4 Å². The van der Waals surface area contributed by atoms with E-state index in [-0.39, 0.29) is 18.1 Å². The highest BCUT2D eigenvalue weighted by Crippen LogP contribution is 2.22. The molecule has 0 fully saturated rings. The average Bonchev–Trinajstić information content (AvgIpc) is 3.11. The third kappa shape index (κ3) is 9.65. The lowest BCUT2D eigenvalue weighted by atomic mass is 10.00. The zero-order valence-corrected chi connectivity index (χ0v) is 26.1. The SMILES string of the molecule is O=C(c1ccccc1)c1ccccc1N[C@@H](Cc1ccc(OCCN(Cc2ccccc2)C(=O)CCc2ccccc2)cc1)C(=O)O. The van der Waals surface area contributed by atoms with Gasteiger partial charge in [-0.1, -0.05) is 115 Å². The van der Waals surface area contributed by atoms with Crippen molar-refractivity contribution in [3.05, 3.63) is 167 Å². The summed E-state index contributed by atoms with van der Waals surface area (Å²) in [5.74, 6) is -0.512. The Hall–Kier alpha value is -5.69. The lowest BCUT2D eigenvalue weighted by Crippen LogP contribution is -2.34. The van der Waals surface area contributed by atoms with Gasteiger partial charge in [0.15, 0.2) is 5.78 Å². The second kappa shape index (κ2) is 16.6. The van der Waals surface area contributed by atoms with E-state index in [1.54, 1.807) is 60.7 Å². The van der Waals surface area contributed by atoms with Crippen LogP contribution in [0.4, 0.5) is 5.69 Å². The summed E-state index contributed by atoms with van der Waals surface area (Å²) in [5.41, 5.74) is 4.39. The van der Waals surface area contributed by atoms with E-state index in [2.05, 4.69) is 5.32 Å². The third-order valence-electron chi connectivity index (χ3n) is 7.87. The normalized spacial score (nSPS) is 11.3. The van der Waals surface area contributed by atoms with Crippen LogP contribution >= 0.6 is 0 Å². The summed E-state index contributed by atoms with van der Waals surface area (Å²) in [5, 5.41) is 13.1. The smallest absolute Gasteiger partial charge is 0.326 e. The minimum Gasteiger partial charge on any atom is -0.492 e. The Morgan fingerprint density at radius 1 is 0.681 bits per heavy atom. The van der Waals surface area contributed by atoms with Gasteiger partial charge < -0.3 is 20.1 Å². The lowest BCUT2D eigenvalue weighted by molar-refractivity contribution is -0.138. The van der Waals surface area contributed by atoms with E-state index in [1.165, 1.54) is 0 Å². The number of carboxylic acids is 1. The maximum Gasteiger partial charge on any atom is 0.326 e. The van der Waals surface area contributed by atoms with Gasteiger partial charge in [0.25, 0.3) is 0 Å². The average molecular weight is 627 g/mol. The molecule has 0 aliphatic heterocycles. The maximum absolute atomic E-state index is 13.2. The van der Waals surface area contributed by atoms with Crippen LogP contribution in [0.2, 0.25) is 0 Å². The molecular weight excluding hydrogens is 588 g/mol. The number of ketones is 1. The van der Waals surface area contributed by atoms with Gasteiger partial charge >= 0.3 is 5.97 Å². The van der Waals surface area contributed by atoms with Crippen molar-refractivity contribution in [1.29, 1.82) is 0 Å². The number of para-hydroxylation sites is 1. The van der Waals surface area contributed by atoms with Crippen LogP contribution in [0.1, 0.15) is 39.0 Å². The Labute approximate surface area is 275 Å². The quantitative estimate of drug-likeness (QED) is 0.114. The summed E-state index contributed by atoms with van der Waals surface area (Å²) in [7, 11) is 0. The van der Waals surface area contributed by atoms with E-state index in [0.717, 1.165) is 16.7 Å². The first-order valence-corrected chi connectivity index (χ1v) is 15.7. The highest BCUT2D eigenvalue weighted by Gasteiger charge is 2.21. The number of amides is 1. The van der Waals surface area contributed by atoms with Crippen LogP contribution in [0, 0.1) is 0 Å². The molecule has 0 heterocycles. The standard InChI is InChI=1S/C40H38N2O5/c43-38(25-22-30-12-4-1-5-13-30)42(29-32-14-6-2-7-15-32)26-27-47-34-23-20-31(21-24-34)28-37(40(45)46)41-36-19-11-10-18-35(36)39(44)33-16-8-3-9-17-33/h1-21,23-24,37,41H,22,25-29H2,(H,45,46)/t37-/m0/s1. The topological polar surface area (TPSA) is 95.9 Å². The summed E-state index contributed by atoms with van der Waals surface area (Å²) < 4.78 is 6.01. The van der Waals surface area contributed by atoms with E-state index in [1.807, 2.05) is 83.8 Å². The van der Waals surface area contributed by atoms with Crippen LogP contribution in [0.5, 0.6) is 5.75 Å². The Morgan fingerprint density at radius 2 is 1.28 bits per heavy atom. The molecule has 1 atom stereocenters. The van der Waals surface area contributed by atoms with Gasteiger partial charge in [-0.2, -0.15) is 0 Å². The number of hydrogen-bond donors (Lipinski definition) is 2. The molecular formula is C40H38N2O5. The Bertz CT molecular complexity index is 1740. The Kier molecular flexibility index (Phi) is 11.5. The summed E-state index contributed by atoms with van der Waals surface area (Å²) in [6.45, 7) is 1.24. The fourth-order valence-electron chi connectivity index (χ4n) is 5.32. The minimum atomic E-state index is -1.03. The molecule has 1 amide bonds. The largest absolute Gasteiger partial charge is 0.492 e. The predicted molar refractivity (Wildman–Crippen MR) is 184 cm³/mol. The summed E-state index contributed by atoms with van der Waals surface area (Å²) in [6.07, 6.45) is 1.29. The second-order valence-electron chi connectivity index (χ2n) is 11.3. The number of rotatable bonds is 16. The number of benzene rings is 5. The molecule has 47 heavy (non-hydrogen) atoms. The predicted octanol–water partition coefficient (Wildman–Crippen LogP) is 7.07. The number of nitrogens with zero attached hydrogens (tertiary/aromatic N) is 1. The van der Waals surface area contributed by atoms with Crippen LogP contribution in [0.25, 0.3) is 0 Å². The fraction of sp³-hybridized carbons (Fsp3) is 0.175. The number of carbonyl (C=O) groups excluding carboxylic acids is 2. The van der Waals surface area contributed by atoms with Crippen LogP contribution in [0.15, 0.2) is 140 Å². The van der Waals surface area contributed by atoms with Crippen molar-refractivity contribution in [1.82, 2.24) is 4.90 Å². The van der Waals surface area contributed by atoms with Crippen molar-refractivity contribution in [3.8, 4) is 5.75 Å². The van der Waals surface area contributed by atoms with Gasteiger partial charge in [-0.15, -0.1) is 0 Å². The number of nitrogens with one attached hydrogen (secondary N) is 1. The van der Waals surface area contributed by atoms with Gasteiger partial charge in [-0.3, -0.25) is 9.59 Å². The first-order valence-electron chi connectivity index (χ1n) is 15.7. The van der Waals surface area contributed by atoms with E-state index < -0.39 is 12.0 Å². The molecule has 7 nitrogen and oxygen atoms in total. The van der Waals surface area contributed by atoms with Crippen molar-refractivity contribution in [3.63, 3.8) is 0 Å². The number of aryl methyl sites for hydroxylation is 1. The Morgan fingerprint density at radius 3 is 1.94 bits per heavy atom. The molecule has 0 bridgehead atoms. The van der Waals surface area contributed by atoms with Gasteiger partial charge in [0, 0.05) is 36.2 Å². The molecule has 0 aliphatic carbocycles. The molecule has 0 aromatic heterocycles. The molecule has 0 aliphatic rings. The van der Waals surface area contributed by atoms with Gasteiger partial charge in [-0.25, -0.2) is 4.79 Å². The van der Waals surface area contributed by atoms with E-state index in [4.69, 9.17) is 4.74 Å². The molecule has 7 heteroatoms. The summed E-state index contributed by atoms with van der Waals surface area (Å²) >= 11 is 0. The molecule has 2 N–H and O–H groups in total. The van der Waals surface area contributed by atoms with Crippen molar-refractivity contribution in [2.24, 2.45) is 0 Å². The molecule has 0 saturated carbocycles. The molecule has 238 valence electrons. The van der Waals surface area contributed by atoms with E-state index in [0.29, 0.717) is 55.1 Å². The fourth-order valence-corrected chi connectivity index (χ4v) is 5.32. The number of ether oxygens (including phenoxy) is 1. The van der Waals surface area contributed by atoms with Crippen molar-refractivity contribution in [2.75, 3.05) is 18.5 Å². The van der Waals surface area contributed by atoms with Gasteiger partial charge in [0.05, 0.1) is 6.54 Å². The van der Waals surface area contributed by atoms with E-state index in [9.17, 15) is 19.5 Å². The number of carboxylic acid groups (broad SMARTS) is 1. The first-order chi connectivity index (χ1) is 23.0. The van der Waals surface area contributed by atoms with Crippen molar-refractivity contribution in [2.45, 2.75) is 31.8 Å². The van der Waals surface area contributed by atoms with Crippen molar-refractivity contribution >= 4 is 23.3 Å². The molecule has 5 rings (SSSR count). The van der Waals surface area contributed by atoms with E-state index >= 15 is 0 Å². The van der Waals surface area contributed by atoms with Crippen LogP contribution in [-0.4, -0.2) is 46.9 Å². The van der Waals surface area contributed by atoms with Gasteiger partial charge in [0.2, 0.25) is 5.91 Å². The zero-order chi connectivity index (χ0) is 32.8. The molecule has 5 aromatic carbocycles. The number of anilines is 1. The zero-order valence-electron chi connectivity index (χ0n) is 26.1. The van der Waals surface area contributed by atoms with Gasteiger partial charge in [0.1, 0.15) is 18.4 Å². The van der Waals surface area contributed by atoms with Crippen LogP contribution < -0.4 is 10.1 Å². The molecule has 0 radical (unpaired) electrons. The maximum atomic E-state index is 13.2. The number of hydrogen-bond acceptors (Lipinski definition) is 5. The molecule has 5 aromatic rings. The van der Waals surface area contributed by atoms with Crippen molar-refractivity contribution < 1.29 is 24.2 Å². The molecule has 0 saturated heterocycles. The first kappa shape index (κ1) is 32.7. The highest BCUT2D eigenvalue weighted by molar-refractivity contribution is 6.12. The number of carbonyl (C=O) groups is 3. The number of aliphatic carboxylic acids is 1. The third-order valence-corrected chi connectivity index (χ3v) is 7.87. The second-order valence-corrected chi connectivity index (χ2v) is 11.3. The van der Waals surface area contributed by atoms with Crippen LogP contribution in [-0.2, 0) is 29.0 Å². The monoisotopic (exact) mass is 626 g/mol. The summed E-state index contributed by atoms with van der Waals surface area (Å²) in [4.78, 5) is 40.4. The molecule has 0 unspecified atom stereocenters. The Balaban J connectivity index is 1.18.